The summed E-state index contributed by atoms with van der Waals surface area (Å²) in [5.41, 5.74) is 5.01. The molecule has 0 aromatic heterocycles. The lowest BCUT2D eigenvalue weighted by atomic mass is 9.99. The second-order valence-corrected chi connectivity index (χ2v) is 6.57. The maximum absolute atomic E-state index is 6.14. The Morgan fingerprint density at radius 3 is 2.39 bits per heavy atom. The lowest BCUT2D eigenvalue weighted by Gasteiger charge is -2.15. The zero-order valence-corrected chi connectivity index (χ0v) is 14.1. The highest BCUT2D eigenvalue weighted by Crippen LogP contribution is 2.35. The van der Waals surface area contributed by atoms with Crippen molar-refractivity contribution >= 4 is 43.5 Å². The minimum atomic E-state index is 0.170. The molecule has 2 aromatic rings. The van der Waals surface area contributed by atoms with Crippen LogP contribution in [0.15, 0.2) is 40.9 Å². The molecule has 3 heteroatoms. The minimum Gasteiger partial charge on any atom is -0.0831 e. The van der Waals surface area contributed by atoms with Crippen LogP contribution in [-0.4, -0.2) is 0 Å². The molecular formula is C15H13Br2Cl. The van der Waals surface area contributed by atoms with Crippen LogP contribution in [0.25, 0.3) is 0 Å². The largest absolute Gasteiger partial charge is 0.0831 e. The van der Waals surface area contributed by atoms with Gasteiger partial charge in [-0.2, -0.15) is 0 Å². The molecule has 0 aliphatic rings. The van der Waals surface area contributed by atoms with Gasteiger partial charge in [0.25, 0.3) is 0 Å². The molecule has 18 heavy (non-hydrogen) atoms. The highest BCUT2D eigenvalue weighted by molar-refractivity contribution is 9.10. The molecule has 0 spiro atoms. The van der Waals surface area contributed by atoms with E-state index in [1.165, 1.54) is 16.7 Å². The molecule has 0 N–H and O–H groups in total. The van der Waals surface area contributed by atoms with Crippen LogP contribution in [0.3, 0.4) is 0 Å². The molecule has 0 nitrogen and oxygen atoms in total. The Balaban J connectivity index is 2.41. The number of hydrogen-bond donors (Lipinski definition) is 0. The van der Waals surface area contributed by atoms with Crippen LogP contribution in [0, 0.1) is 13.8 Å². The number of halogens is 3. The summed E-state index contributed by atoms with van der Waals surface area (Å²) >= 11 is 13.3. The molecule has 1 unspecified atom stereocenters. The molecule has 1 atom stereocenters. The predicted molar refractivity (Wildman–Crippen MR) is 85.8 cm³/mol. The van der Waals surface area contributed by atoms with E-state index in [-0.39, 0.29) is 4.83 Å². The molecular weight excluding hydrogens is 375 g/mol. The number of benzene rings is 2. The first-order valence-electron chi connectivity index (χ1n) is 5.65. The maximum Gasteiger partial charge on any atom is 0.0647 e. The van der Waals surface area contributed by atoms with Crippen LogP contribution in [-0.2, 0) is 0 Å². The molecule has 0 saturated heterocycles. The van der Waals surface area contributed by atoms with Crippen molar-refractivity contribution in [3.05, 3.63) is 68.1 Å². The molecule has 0 saturated carbocycles. The Morgan fingerprint density at radius 1 is 1.06 bits per heavy atom. The Morgan fingerprint density at radius 2 is 1.78 bits per heavy atom. The molecule has 2 rings (SSSR count). The molecule has 0 amide bonds. The first kappa shape index (κ1) is 14.1. The van der Waals surface area contributed by atoms with Crippen LogP contribution < -0.4 is 0 Å². The smallest absolute Gasteiger partial charge is 0.0647 e. The third kappa shape index (κ3) is 2.98. The number of alkyl halides is 1. The third-order valence-electron chi connectivity index (χ3n) is 2.93. The van der Waals surface area contributed by atoms with Gasteiger partial charge in [-0.05, 0) is 58.6 Å². The van der Waals surface area contributed by atoms with E-state index in [0.29, 0.717) is 0 Å². The molecule has 0 aliphatic carbocycles. The fourth-order valence-electron chi connectivity index (χ4n) is 1.96. The van der Waals surface area contributed by atoms with Gasteiger partial charge in [-0.25, -0.2) is 0 Å². The Kier molecular flexibility index (Phi) is 4.52. The zero-order chi connectivity index (χ0) is 13.3. The van der Waals surface area contributed by atoms with Crippen molar-refractivity contribution in [2.45, 2.75) is 18.7 Å². The summed E-state index contributed by atoms with van der Waals surface area (Å²) in [5, 5.41) is 0.738. The maximum atomic E-state index is 6.14. The van der Waals surface area contributed by atoms with Crippen molar-refractivity contribution in [3.8, 4) is 0 Å². The molecule has 2 aromatic carbocycles. The van der Waals surface area contributed by atoms with Crippen molar-refractivity contribution in [3.63, 3.8) is 0 Å². The van der Waals surface area contributed by atoms with Gasteiger partial charge >= 0.3 is 0 Å². The number of aryl methyl sites for hydroxylation is 2. The van der Waals surface area contributed by atoms with Crippen molar-refractivity contribution in [2.75, 3.05) is 0 Å². The average Bonchev–Trinajstić information content (AvgIpc) is 2.32. The summed E-state index contributed by atoms with van der Waals surface area (Å²) in [7, 11) is 0. The zero-order valence-electron chi connectivity index (χ0n) is 10.2. The van der Waals surface area contributed by atoms with E-state index in [4.69, 9.17) is 11.6 Å². The second kappa shape index (κ2) is 5.77. The first-order chi connectivity index (χ1) is 8.49. The van der Waals surface area contributed by atoms with Gasteiger partial charge in [0, 0.05) is 4.47 Å². The van der Waals surface area contributed by atoms with Gasteiger partial charge in [0.1, 0.15) is 0 Å². The van der Waals surface area contributed by atoms with E-state index in [9.17, 15) is 0 Å². The van der Waals surface area contributed by atoms with Gasteiger partial charge in [0.05, 0.1) is 9.85 Å². The Hall–Kier alpha value is -0.310. The van der Waals surface area contributed by atoms with E-state index in [1.807, 2.05) is 12.1 Å². The molecule has 0 heterocycles. The normalized spacial score (nSPS) is 12.5. The van der Waals surface area contributed by atoms with Gasteiger partial charge in [0.15, 0.2) is 0 Å². The highest BCUT2D eigenvalue weighted by atomic mass is 79.9. The standard InChI is InChI=1S/C15H13Br2Cl/c1-9-3-5-12(10(2)7-9)15(17)11-4-6-13(16)14(18)8-11/h3-8,15H,1-2H3. The van der Waals surface area contributed by atoms with E-state index >= 15 is 0 Å². The van der Waals surface area contributed by atoms with Crippen LogP contribution >= 0.6 is 43.5 Å². The molecule has 0 aliphatic heterocycles. The molecule has 0 fully saturated rings. The molecule has 94 valence electrons. The summed E-state index contributed by atoms with van der Waals surface area (Å²) in [4.78, 5) is 0.170. The summed E-state index contributed by atoms with van der Waals surface area (Å²) in [6.07, 6.45) is 0. The number of rotatable bonds is 2. The lowest BCUT2D eigenvalue weighted by molar-refractivity contribution is 1.13. The van der Waals surface area contributed by atoms with Crippen LogP contribution in [0.1, 0.15) is 27.1 Å². The third-order valence-corrected chi connectivity index (χ3v) is 5.19. The SMILES string of the molecule is Cc1ccc(C(Br)c2ccc(Br)c(Cl)c2)c(C)c1. The molecule has 0 bridgehead atoms. The average molecular weight is 389 g/mol. The van der Waals surface area contributed by atoms with E-state index < -0.39 is 0 Å². The summed E-state index contributed by atoms with van der Waals surface area (Å²) in [6.45, 7) is 4.24. The number of hydrogen-bond acceptors (Lipinski definition) is 0. The van der Waals surface area contributed by atoms with Gasteiger partial charge in [-0.1, -0.05) is 57.4 Å². The summed E-state index contributed by atoms with van der Waals surface area (Å²) < 4.78 is 0.924. The second-order valence-electron chi connectivity index (χ2n) is 4.40. The fourth-order valence-corrected chi connectivity index (χ4v) is 3.19. The van der Waals surface area contributed by atoms with E-state index in [1.54, 1.807) is 0 Å². The van der Waals surface area contributed by atoms with Gasteiger partial charge in [-0.3, -0.25) is 0 Å². The Bertz CT molecular complexity index is 579. The summed E-state index contributed by atoms with van der Waals surface area (Å²) in [6, 6.07) is 12.6. The monoisotopic (exact) mass is 386 g/mol. The van der Waals surface area contributed by atoms with Crippen LogP contribution in [0.5, 0.6) is 0 Å². The fraction of sp³-hybridized carbons (Fsp3) is 0.200. The molecule has 0 radical (unpaired) electrons. The Labute approximate surface area is 130 Å². The highest BCUT2D eigenvalue weighted by Gasteiger charge is 2.13. The van der Waals surface area contributed by atoms with Crippen molar-refractivity contribution in [1.82, 2.24) is 0 Å². The quantitative estimate of drug-likeness (QED) is 0.537. The topological polar surface area (TPSA) is 0 Å². The van der Waals surface area contributed by atoms with Gasteiger partial charge < -0.3 is 0 Å². The first-order valence-corrected chi connectivity index (χ1v) is 7.74. The minimum absolute atomic E-state index is 0.170. The van der Waals surface area contributed by atoms with Crippen molar-refractivity contribution in [2.24, 2.45) is 0 Å². The van der Waals surface area contributed by atoms with Gasteiger partial charge in [0.2, 0.25) is 0 Å². The van der Waals surface area contributed by atoms with E-state index in [0.717, 1.165) is 15.1 Å². The van der Waals surface area contributed by atoms with Crippen LogP contribution in [0.4, 0.5) is 0 Å². The summed E-state index contributed by atoms with van der Waals surface area (Å²) in [5.74, 6) is 0. The lowest BCUT2D eigenvalue weighted by Crippen LogP contribution is -1.96. The van der Waals surface area contributed by atoms with Gasteiger partial charge in [-0.15, -0.1) is 0 Å². The van der Waals surface area contributed by atoms with Crippen molar-refractivity contribution < 1.29 is 0 Å². The predicted octanol–water partition coefficient (Wildman–Crippen LogP) is 6.20. The van der Waals surface area contributed by atoms with E-state index in [2.05, 4.69) is 70.0 Å². The van der Waals surface area contributed by atoms with Crippen molar-refractivity contribution in [1.29, 1.82) is 0 Å². The van der Waals surface area contributed by atoms with Crippen LogP contribution in [0.2, 0.25) is 5.02 Å².